The predicted octanol–water partition coefficient (Wildman–Crippen LogP) is 1.83. The van der Waals surface area contributed by atoms with Gasteiger partial charge in [0.15, 0.2) is 5.96 Å². The number of benzene rings is 2. The molecule has 6 N–H and O–H groups in total. The molecule has 10 heteroatoms. The van der Waals surface area contributed by atoms with Crippen LogP contribution < -0.4 is 21.7 Å². The van der Waals surface area contributed by atoms with Crippen LogP contribution in [0, 0.1) is 5.41 Å². The molecule has 0 bridgehead atoms. The molecule has 0 fully saturated rings. The van der Waals surface area contributed by atoms with Gasteiger partial charge in [-0.15, -0.1) is 0 Å². The highest BCUT2D eigenvalue weighted by molar-refractivity contribution is 5.89. The lowest BCUT2D eigenvalue weighted by Crippen LogP contribution is -2.51. The summed E-state index contributed by atoms with van der Waals surface area (Å²) in [4.78, 5) is 37.1. The third kappa shape index (κ3) is 6.50. The fourth-order valence-electron chi connectivity index (χ4n) is 4.10. The molecule has 0 aromatic heterocycles. The Balaban J connectivity index is 1.52. The van der Waals surface area contributed by atoms with Gasteiger partial charge in [0.1, 0.15) is 18.7 Å². The Labute approximate surface area is 204 Å². The van der Waals surface area contributed by atoms with Crippen molar-refractivity contribution in [2.75, 3.05) is 20.3 Å². The number of alkyl carbamates (subject to hydrolysis) is 1. The molecule has 10 nitrogen and oxygen atoms in total. The smallest absolute Gasteiger partial charge is 0.407 e. The number of guanidine groups is 1. The number of carbonyl (C=O) groups excluding carboxylic acids is 3. The van der Waals surface area contributed by atoms with Crippen LogP contribution in [0.25, 0.3) is 11.1 Å². The van der Waals surface area contributed by atoms with Gasteiger partial charge in [-0.25, -0.2) is 9.59 Å². The summed E-state index contributed by atoms with van der Waals surface area (Å²) in [6.07, 6.45) is 0.0132. The molecule has 0 saturated carbocycles. The maximum atomic E-state index is 12.6. The van der Waals surface area contributed by atoms with Crippen molar-refractivity contribution in [3.8, 4) is 11.1 Å². The second kappa shape index (κ2) is 11.9. The summed E-state index contributed by atoms with van der Waals surface area (Å²) in [6, 6.07) is 14.2. The van der Waals surface area contributed by atoms with E-state index in [4.69, 9.17) is 20.6 Å². The van der Waals surface area contributed by atoms with Crippen molar-refractivity contribution in [2.45, 2.75) is 37.8 Å². The van der Waals surface area contributed by atoms with E-state index >= 15 is 0 Å². The number of nitrogens with two attached hydrogens (primary N) is 1. The van der Waals surface area contributed by atoms with Gasteiger partial charge in [-0.05, 0) is 42.0 Å². The molecule has 0 heterocycles. The van der Waals surface area contributed by atoms with E-state index in [1.54, 1.807) is 0 Å². The molecule has 0 aliphatic heterocycles. The van der Waals surface area contributed by atoms with Crippen LogP contribution >= 0.6 is 0 Å². The first-order valence-electron chi connectivity index (χ1n) is 11.4. The molecule has 0 radical (unpaired) electrons. The van der Waals surface area contributed by atoms with Gasteiger partial charge in [-0.1, -0.05) is 48.5 Å². The molecule has 1 aliphatic rings. The fourth-order valence-corrected chi connectivity index (χ4v) is 4.10. The van der Waals surface area contributed by atoms with Gasteiger partial charge in [0.2, 0.25) is 5.91 Å². The van der Waals surface area contributed by atoms with E-state index < -0.39 is 30.1 Å². The predicted molar refractivity (Wildman–Crippen MR) is 131 cm³/mol. The number of esters is 1. The quantitative estimate of drug-likeness (QED) is 0.150. The van der Waals surface area contributed by atoms with Crippen LogP contribution in [0.1, 0.15) is 36.8 Å². The Kier molecular flexibility index (Phi) is 8.66. The Morgan fingerprint density at radius 1 is 1.03 bits per heavy atom. The van der Waals surface area contributed by atoms with Crippen molar-refractivity contribution in [1.82, 2.24) is 16.0 Å². The number of ether oxygens (including phenoxy) is 2. The summed E-state index contributed by atoms with van der Waals surface area (Å²) in [5.41, 5.74) is 9.66. The number of methoxy groups -OCH3 is 1. The minimum atomic E-state index is -0.937. The number of fused-ring (bicyclic) bond motifs is 3. The zero-order valence-electron chi connectivity index (χ0n) is 19.8. The number of hydrogen-bond acceptors (Lipinski definition) is 6. The van der Waals surface area contributed by atoms with Gasteiger partial charge in [0.25, 0.3) is 0 Å². The zero-order valence-corrected chi connectivity index (χ0v) is 19.8. The number of amides is 2. The largest absolute Gasteiger partial charge is 0.467 e. The van der Waals surface area contributed by atoms with Crippen LogP contribution in [-0.2, 0) is 19.1 Å². The molecule has 0 unspecified atom stereocenters. The van der Waals surface area contributed by atoms with E-state index in [-0.39, 0.29) is 24.9 Å². The molecular weight excluding hydrogens is 450 g/mol. The Morgan fingerprint density at radius 3 is 2.20 bits per heavy atom. The molecule has 0 spiro atoms. The van der Waals surface area contributed by atoms with Gasteiger partial charge >= 0.3 is 12.1 Å². The van der Waals surface area contributed by atoms with E-state index in [1.807, 2.05) is 36.4 Å². The first kappa shape index (κ1) is 25.5. The monoisotopic (exact) mass is 481 g/mol. The van der Waals surface area contributed by atoms with Crippen LogP contribution in [-0.4, -0.2) is 56.3 Å². The standard InChI is InChI=1S/C25H31N5O5/c1-15(22(31)30-21(23(32)34-2)12-7-13-28-24(26)27)29-25(33)35-14-20-18-10-5-3-8-16(18)17-9-4-6-11-19(17)20/h3-6,8-11,15,20-21H,7,12-14H2,1-2H3,(H,29,33)(H,30,31)(H4,26,27,28)/t15-,21-/m0/s1. The Hall–Kier alpha value is -4.08. The van der Waals surface area contributed by atoms with E-state index in [0.717, 1.165) is 22.3 Å². The van der Waals surface area contributed by atoms with E-state index in [9.17, 15) is 14.4 Å². The van der Waals surface area contributed by atoms with Crippen molar-refractivity contribution >= 4 is 23.9 Å². The van der Waals surface area contributed by atoms with Crippen molar-refractivity contribution in [3.05, 3.63) is 59.7 Å². The number of carbonyl (C=O) groups is 3. The minimum absolute atomic E-state index is 0.0930. The molecule has 186 valence electrons. The molecule has 35 heavy (non-hydrogen) atoms. The fraction of sp³-hybridized carbons (Fsp3) is 0.360. The second-order valence-corrected chi connectivity index (χ2v) is 8.26. The third-order valence-corrected chi connectivity index (χ3v) is 5.86. The van der Waals surface area contributed by atoms with Crippen LogP contribution in [0.2, 0.25) is 0 Å². The second-order valence-electron chi connectivity index (χ2n) is 8.26. The summed E-state index contributed by atoms with van der Waals surface area (Å²) in [6.45, 7) is 2.00. The Bertz CT molecular complexity index is 1040. The first-order valence-corrected chi connectivity index (χ1v) is 11.4. The topological polar surface area (TPSA) is 156 Å². The normalized spacial score (nSPS) is 13.5. The van der Waals surface area contributed by atoms with E-state index in [1.165, 1.54) is 14.0 Å². The summed E-state index contributed by atoms with van der Waals surface area (Å²) < 4.78 is 10.2. The van der Waals surface area contributed by atoms with Crippen LogP contribution in [0.4, 0.5) is 4.79 Å². The lowest BCUT2D eigenvalue weighted by Gasteiger charge is -2.20. The SMILES string of the molecule is COC(=O)[C@H](CCCNC(=N)N)NC(=O)[C@H](C)NC(=O)OCC1c2ccccc2-c2ccccc21. The molecule has 2 aromatic rings. The first-order chi connectivity index (χ1) is 16.8. The number of hydrogen-bond donors (Lipinski definition) is 5. The van der Waals surface area contributed by atoms with E-state index in [0.29, 0.717) is 13.0 Å². The van der Waals surface area contributed by atoms with Crippen LogP contribution in [0.15, 0.2) is 48.5 Å². The summed E-state index contributed by atoms with van der Waals surface area (Å²) in [7, 11) is 1.23. The molecule has 2 atom stereocenters. The zero-order chi connectivity index (χ0) is 25.4. The minimum Gasteiger partial charge on any atom is -0.467 e. The lowest BCUT2D eigenvalue weighted by molar-refractivity contribution is -0.145. The average molecular weight is 482 g/mol. The number of rotatable bonds is 10. The highest BCUT2D eigenvalue weighted by Gasteiger charge is 2.30. The molecular formula is C25H31N5O5. The molecule has 2 amide bonds. The van der Waals surface area contributed by atoms with Crippen molar-refractivity contribution in [1.29, 1.82) is 5.41 Å². The van der Waals surface area contributed by atoms with Gasteiger partial charge in [0, 0.05) is 12.5 Å². The third-order valence-electron chi connectivity index (χ3n) is 5.86. The number of nitrogens with one attached hydrogen (secondary N) is 4. The highest BCUT2D eigenvalue weighted by atomic mass is 16.5. The van der Waals surface area contributed by atoms with Crippen LogP contribution in [0.3, 0.4) is 0 Å². The molecule has 1 aliphatic carbocycles. The molecule has 2 aromatic carbocycles. The molecule has 0 saturated heterocycles. The summed E-state index contributed by atoms with van der Waals surface area (Å²) in [5.74, 6) is -1.42. The summed E-state index contributed by atoms with van der Waals surface area (Å²) in [5, 5.41) is 14.9. The Morgan fingerprint density at radius 2 is 1.63 bits per heavy atom. The lowest BCUT2D eigenvalue weighted by atomic mass is 9.98. The summed E-state index contributed by atoms with van der Waals surface area (Å²) >= 11 is 0. The molecule has 3 rings (SSSR count). The maximum absolute atomic E-state index is 12.6. The van der Waals surface area contributed by atoms with Gasteiger partial charge < -0.3 is 31.2 Å². The maximum Gasteiger partial charge on any atom is 0.407 e. The highest BCUT2D eigenvalue weighted by Crippen LogP contribution is 2.44. The van der Waals surface area contributed by atoms with Crippen molar-refractivity contribution in [2.24, 2.45) is 5.73 Å². The van der Waals surface area contributed by atoms with Gasteiger partial charge in [-0.3, -0.25) is 10.2 Å². The van der Waals surface area contributed by atoms with Crippen molar-refractivity contribution < 1.29 is 23.9 Å². The van der Waals surface area contributed by atoms with E-state index in [2.05, 4.69) is 28.1 Å². The van der Waals surface area contributed by atoms with Crippen LogP contribution in [0.5, 0.6) is 0 Å². The van der Waals surface area contributed by atoms with Gasteiger partial charge in [0.05, 0.1) is 7.11 Å². The average Bonchev–Trinajstić information content (AvgIpc) is 3.17. The van der Waals surface area contributed by atoms with Crippen molar-refractivity contribution in [3.63, 3.8) is 0 Å². The van der Waals surface area contributed by atoms with Gasteiger partial charge in [-0.2, -0.15) is 0 Å².